The van der Waals surface area contributed by atoms with Crippen molar-refractivity contribution in [3.8, 4) is 5.75 Å². The number of nitrogens with one attached hydrogen (secondary N) is 8. The Balaban J connectivity index is 1.76. The fourth-order valence-corrected chi connectivity index (χ4v) is 10.5. The van der Waals surface area contributed by atoms with Crippen molar-refractivity contribution in [2.45, 2.75) is 113 Å². The van der Waals surface area contributed by atoms with E-state index < -0.39 is 145 Å². The van der Waals surface area contributed by atoms with Crippen molar-refractivity contribution < 1.29 is 62.6 Å². The topological polar surface area (TPSA) is 467 Å². The van der Waals surface area contributed by atoms with Crippen LogP contribution in [0.2, 0.25) is 0 Å². The lowest BCUT2D eigenvalue weighted by atomic mass is 10.0. The Morgan fingerprint density at radius 3 is 1.90 bits per heavy atom. The highest BCUT2D eigenvalue weighted by Crippen LogP contribution is 2.26. The van der Waals surface area contributed by atoms with Crippen molar-refractivity contribution in [1.82, 2.24) is 47.4 Å². The van der Waals surface area contributed by atoms with Crippen LogP contribution in [-0.2, 0) is 70.4 Å². The molecule has 12 amide bonds. The van der Waals surface area contributed by atoms with Crippen molar-refractivity contribution >= 4 is 98.4 Å². The number of carbonyl (C=O) groups is 12. The minimum atomic E-state index is -1.83. The number of benzene rings is 2. The number of hydrogen-bond donors (Lipinski definition) is 14. The quantitative estimate of drug-likeness (QED) is 0.0255. The number of primary amides is 3. The summed E-state index contributed by atoms with van der Waals surface area (Å²) in [4.78, 5) is 167. The standard InChI is InChI=1S/C48H67N15O13S2/c1-25(64)56-34-23-77-78-24-35(47(76)63-18-6-10-36(63)46(75)58-29(9-5-17-54-48(52)53)40(69)55-22-39(51)68)62-44(73)33(21-38(50)67)61-41(70)30(15-16-37(49)66)57-42(71)31(19-26-7-3-2-4-8-26)59-43(72)32(60-45(34)74)20-27-11-13-28(65)14-12-27/h2-4,7-8,11-14,29-36,65H,5-6,9-10,15-24H2,1H3,(H2,49,66)(H2,50,67)(H2,51,68)(H,55,69)(H,56,64)(H,57,71)(H,58,75)(H,59,72)(H,60,74)(H,61,70)(H,62,73)(H4,52,53,54)/t29-,30+,31-,32+,33+,34-,35+,36-/m0/s1. The first-order valence-electron chi connectivity index (χ1n) is 24.6. The number of aliphatic imine (C=N–C) groups is 1. The molecular formula is C48H67N15O13S2. The third kappa shape index (κ3) is 21.1. The normalized spacial score (nSPS) is 22.1. The van der Waals surface area contributed by atoms with E-state index in [4.69, 9.17) is 28.7 Å². The summed E-state index contributed by atoms with van der Waals surface area (Å²) in [5, 5.41) is 30.2. The molecule has 2 heterocycles. The SMILES string of the molecule is CC(=O)N[C@H]1CSSC[C@H](C(=O)N2CCC[C@H]2C(=O)N[C@@H](CCCN=C(N)N)C(=O)NCC(N)=O)NC(=O)[C@@H](CC(N)=O)NC(=O)[C@@H](CCC(N)=O)NC(=O)[C@H](Cc2ccccc2)NC(=O)[C@@H](Cc2ccc(O)cc2)NC1=O. The van der Waals surface area contributed by atoms with E-state index in [1.807, 2.05) is 0 Å². The van der Waals surface area contributed by atoms with Gasteiger partial charge in [0.2, 0.25) is 70.9 Å². The van der Waals surface area contributed by atoms with Gasteiger partial charge in [-0.2, -0.15) is 0 Å². The molecule has 2 saturated heterocycles. The van der Waals surface area contributed by atoms with Crippen molar-refractivity contribution in [1.29, 1.82) is 0 Å². The van der Waals surface area contributed by atoms with Crippen LogP contribution < -0.4 is 71.2 Å². The van der Waals surface area contributed by atoms with E-state index in [0.717, 1.165) is 33.4 Å². The molecule has 4 rings (SSSR count). The number of carbonyl (C=O) groups excluding carboxylic acids is 12. The number of guanidine groups is 1. The molecule has 30 heteroatoms. The average Bonchev–Trinajstić information content (AvgIpc) is 3.88. The van der Waals surface area contributed by atoms with Crippen molar-refractivity contribution in [2.24, 2.45) is 33.7 Å². The lowest BCUT2D eigenvalue weighted by Crippen LogP contribution is -2.61. The van der Waals surface area contributed by atoms with E-state index in [9.17, 15) is 62.6 Å². The molecule has 0 saturated carbocycles. The second-order valence-electron chi connectivity index (χ2n) is 18.2. The smallest absolute Gasteiger partial charge is 0.246 e. The molecular weight excluding hydrogens is 1060 g/mol. The summed E-state index contributed by atoms with van der Waals surface area (Å²) in [5.74, 6) is -11.6. The van der Waals surface area contributed by atoms with Gasteiger partial charge in [-0.25, -0.2) is 0 Å². The molecule has 0 unspecified atom stereocenters. The highest BCUT2D eigenvalue weighted by Gasteiger charge is 2.41. The first-order chi connectivity index (χ1) is 37.0. The van der Waals surface area contributed by atoms with Gasteiger partial charge in [0.15, 0.2) is 5.96 Å². The Morgan fingerprint density at radius 1 is 0.718 bits per heavy atom. The predicted octanol–water partition coefficient (Wildman–Crippen LogP) is -5.23. The molecule has 0 spiro atoms. The maximum atomic E-state index is 14.7. The van der Waals surface area contributed by atoms with E-state index in [2.05, 4.69) is 47.5 Å². The molecule has 2 aromatic carbocycles. The Labute approximate surface area is 456 Å². The maximum absolute atomic E-state index is 14.7. The van der Waals surface area contributed by atoms with Gasteiger partial charge in [0.25, 0.3) is 0 Å². The molecule has 0 bridgehead atoms. The first kappa shape index (κ1) is 62.4. The van der Waals surface area contributed by atoms with Crippen molar-refractivity contribution in [3.63, 3.8) is 0 Å². The van der Waals surface area contributed by atoms with E-state index in [0.29, 0.717) is 11.1 Å². The number of phenols is 1. The van der Waals surface area contributed by atoms with Crippen LogP contribution in [0.25, 0.3) is 0 Å². The molecule has 2 aliphatic rings. The minimum Gasteiger partial charge on any atom is -0.508 e. The maximum Gasteiger partial charge on any atom is 0.246 e. The molecule has 0 aliphatic carbocycles. The zero-order valence-electron chi connectivity index (χ0n) is 42.7. The first-order valence-corrected chi connectivity index (χ1v) is 27.1. The fourth-order valence-electron chi connectivity index (χ4n) is 8.14. The van der Waals surface area contributed by atoms with Crippen LogP contribution in [0.5, 0.6) is 5.75 Å². The Kier molecular flexibility index (Phi) is 24.9. The molecule has 2 aromatic rings. The summed E-state index contributed by atoms with van der Waals surface area (Å²) in [5.41, 5.74) is 28.1. The number of nitrogens with two attached hydrogens (primary N) is 5. The number of aromatic hydroxyl groups is 1. The van der Waals surface area contributed by atoms with Crippen LogP contribution in [0.1, 0.15) is 63.0 Å². The summed E-state index contributed by atoms with van der Waals surface area (Å²) in [6, 6.07) is 2.30. The van der Waals surface area contributed by atoms with Gasteiger partial charge in [-0.1, -0.05) is 64.1 Å². The Bertz CT molecular complexity index is 2540. The molecule has 424 valence electrons. The van der Waals surface area contributed by atoms with E-state index in [1.165, 1.54) is 24.3 Å². The van der Waals surface area contributed by atoms with Crippen LogP contribution in [0.4, 0.5) is 0 Å². The second-order valence-corrected chi connectivity index (χ2v) is 20.8. The van der Waals surface area contributed by atoms with Crippen LogP contribution in [0.15, 0.2) is 59.6 Å². The van der Waals surface area contributed by atoms with Gasteiger partial charge in [0, 0.05) is 50.8 Å². The lowest BCUT2D eigenvalue weighted by Gasteiger charge is -2.31. The molecule has 19 N–H and O–H groups in total. The van der Waals surface area contributed by atoms with Crippen molar-refractivity contribution in [3.05, 3.63) is 65.7 Å². The number of nitrogens with zero attached hydrogens (tertiary/aromatic N) is 2. The summed E-state index contributed by atoms with van der Waals surface area (Å²) in [6.45, 7) is 0.658. The molecule has 0 aromatic heterocycles. The summed E-state index contributed by atoms with van der Waals surface area (Å²) in [6.07, 6.45) is -1.62. The van der Waals surface area contributed by atoms with Crippen LogP contribution >= 0.6 is 21.6 Å². The van der Waals surface area contributed by atoms with Gasteiger partial charge in [0.1, 0.15) is 54.1 Å². The van der Waals surface area contributed by atoms with Gasteiger partial charge >= 0.3 is 0 Å². The summed E-state index contributed by atoms with van der Waals surface area (Å²) >= 11 is 0. The van der Waals surface area contributed by atoms with Gasteiger partial charge in [-0.05, 0) is 55.4 Å². The highest BCUT2D eigenvalue weighted by atomic mass is 33.1. The average molecular weight is 1130 g/mol. The third-order valence-electron chi connectivity index (χ3n) is 12.0. The van der Waals surface area contributed by atoms with Gasteiger partial charge in [0.05, 0.1) is 13.0 Å². The number of hydrogen-bond acceptors (Lipinski definition) is 16. The number of amides is 12. The third-order valence-corrected chi connectivity index (χ3v) is 14.4. The predicted molar refractivity (Wildman–Crippen MR) is 285 cm³/mol. The molecule has 0 radical (unpaired) electrons. The summed E-state index contributed by atoms with van der Waals surface area (Å²) in [7, 11) is 1.90. The molecule has 78 heavy (non-hydrogen) atoms. The molecule has 8 atom stereocenters. The van der Waals surface area contributed by atoms with E-state index in [1.54, 1.807) is 30.3 Å². The zero-order valence-corrected chi connectivity index (χ0v) is 44.3. The highest BCUT2D eigenvalue weighted by molar-refractivity contribution is 8.76. The van der Waals surface area contributed by atoms with E-state index >= 15 is 0 Å². The van der Waals surface area contributed by atoms with Gasteiger partial charge in [-0.15, -0.1) is 0 Å². The van der Waals surface area contributed by atoms with Gasteiger partial charge in [-0.3, -0.25) is 62.5 Å². The number of rotatable bonds is 20. The van der Waals surface area contributed by atoms with Gasteiger partial charge < -0.3 is 81.2 Å². The lowest BCUT2D eigenvalue weighted by molar-refractivity contribution is -0.142. The van der Waals surface area contributed by atoms with Crippen molar-refractivity contribution in [2.75, 3.05) is 31.1 Å². The van der Waals surface area contributed by atoms with Crippen LogP contribution in [-0.4, -0.2) is 166 Å². The zero-order chi connectivity index (χ0) is 57.5. The monoisotopic (exact) mass is 1130 g/mol. The molecule has 2 aliphatic heterocycles. The Morgan fingerprint density at radius 2 is 1.29 bits per heavy atom. The minimum absolute atomic E-state index is 0.0155. The fraction of sp³-hybridized carbons (Fsp3) is 0.479. The number of likely N-dealkylation sites (tertiary alicyclic amines) is 1. The largest absolute Gasteiger partial charge is 0.508 e. The number of phenolic OH excluding ortho intramolecular Hbond substituents is 1. The van der Waals surface area contributed by atoms with Crippen LogP contribution in [0, 0.1) is 0 Å². The summed E-state index contributed by atoms with van der Waals surface area (Å²) < 4.78 is 0. The van der Waals surface area contributed by atoms with Crippen LogP contribution in [0.3, 0.4) is 0 Å². The molecule has 2 fully saturated rings. The molecule has 28 nitrogen and oxygen atoms in total. The van der Waals surface area contributed by atoms with E-state index in [-0.39, 0.29) is 74.8 Å². The Hall–Kier alpha value is -8.15. The second kappa shape index (κ2) is 31.2.